The van der Waals surface area contributed by atoms with Crippen LogP contribution in [0, 0.1) is 11.8 Å². The van der Waals surface area contributed by atoms with Crippen LogP contribution < -0.4 is 16.4 Å². The van der Waals surface area contributed by atoms with Gasteiger partial charge in [-0.25, -0.2) is 4.79 Å². The molecule has 3 rings (SSSR count). The number of ether oxygens (including phenoxy) is 5. The quantitative estimate of drug-likeness (QED) is 0.0812. The molecule has 53 heavy (non-hydrogen) atoms. The third kappa shape index (κ3) is 11.4. The van der Waals surface area contributed by atoms with Crippen molar-refractivity contribution in [1.82, 2.24) is 10.6 Å². The highest BCUT2D eigenvalue weighted by molar-refractivity contribution is 6.23. The minimum Gasteiger partial charge on any atom is -0.439 e. The molecule has 296 valence electrons. The fourth-order valence-corrected chi connectivity index (χ4v) is 6.33. The first-order valence-electron chi connectivity index (χ1n) is 17.3. The maximum Gasteiger partial charge on any atom is 0.405 e. The number of fused-ring (bicyclic) bond motifs is 2. The highest BCUT2D eigenvalue weighted by Gasteiger charge is 2.44. The fraction of sp³-hybridized carbons (Fsp3) is 0.611. The van der Waals surface area contributed by atoms with Gasteiger partial charge in [0.25, 0.3) is 5.91 Å². The summed E-state index contributed by atoms with van der Waals surface area (Å²) in [6.07, 6.45) is -4.54. The van der Waals surface area contributed by atoms with Gasteiger partial charge in [0.05, 0.1) is 36.8 Å². The van der Waals surface area contributed by atoms with E-state index in [2.05, 4.69) is 10.6 Å². The number of hydrogen-bond donors (Lipinski definition) is 8. The largest absolute Gasteiger partial charge is 0.439 e. The van der Waals surface area contributed by atoms with Crippen LogP contribution in [0.5, 0.6) is 0 Å². The Labute approximate surface area is 308 Å². The minimum absolute atomic E-state index is 0.0329. The summed E-state index contributed by atoms with van der Waals surface area (Å²) in [7, 11) is 2.84. The number of nitrogens with two attached hydrogens (primary N) is 1. The second kappa shape index (κ2) is 20.1. The summed E-state index contributed by atoms with van der Waals surface area (Å²) >= 11 is 0. The molecule has 2 bridgehead atoms. The summed E-state index contributed by atoms with van der Waals surface area (Å²) in [6.45, 7) is 5.86. The summed E-state index contributed by atoms with van der Waals surface area (Å²) in [4.78, 5) is 52.4. The molecule has 9 N–H and O–H groups in total. The van der Waals surface area contributed by atoms with Crippen molar-refractivity contribution in [2.24, 2.45) is 17.6 Å². The van der Waals surface area contributed by atoms with Crippen molar-refractivity contribution in [1.29, 1.82) is 0 Å². The molecule has 1 aliphatic carbocycles. The molecule has 0 aromatic carbocycles. The van der Waals surface area contributed by atoms with Gasteiger partial charge in [0, 0.05) is 43.9 Å². The number of amides is 2. The van der Waals surface area contributed by atoms with Crippen LogP contribution in [0.2, 0.25) is 0 Å². The van der Waals surface area contributed by atoms with Crippen molar-refractivity contribution in [3.8, 4) is 0 Å². The Bertz CT molecular complexity index is 1490. The summed E-state index contributed by atoms with van der Waals surface area (Å²) in [5, 5.41) is 56.6. The van der Waals surface area contributed by atoms with Crippen molar-refractivity contribution < 1.29 is 68.4 Å². The topological polar surface area (TPSA) is 266 Å². The first-order valence-corrected chi connectivity index (χ1v) is 17.3. The fourth-order valence-electron chi connectivity index (χ4n) is 6.33. The molecule has 3 aliphatic rings. The number of aliphatic hydroxyl groups is 5. The number of rotatable bonds is 9. The molecule has 2 aliphatic heterocycles. The predicted octanol–water partition coefficient (Wildman–Crippen LogP) is -0.832. The predicted molar refractivity (Wildman–Crippen MR) is 187 cm³/mol. The zero-order chi connectivity index (χ0) is 39.6. The summed E-state index contributed by atoms with van der Waals surface area (Å²) in [6, 6.07) is 0. The zero-order valence-corrected chi connectivity index (χ0v) is 30.8. The van der Waals surface area contributed by atoms with Crippen molar-refractivity contribution in [2.75, 3.05) is 34.0 Å². The third-order valence-corrected chi connectivity index (χ3v) is 9.33. The number of hydrogen-bond acceptors (Lipinski definition) is 15. The molecule has 0 aromatic rings. The minimum atomic E-state index is -1.64. The summed E-state index contributed by atoms with van der Waals surface area (Å²) in [5.41, 5.74) is 5.83. The second-order valence-electron chi connectivity index (χ2n) is 13.4. The molecular formula is C36H53N3O14. The lowest BCUT2D eigenvalue weighted by Gasteiger charge is -2.39. The van der Waals surface area contributed by atoms with Gasteiger partial charge in [-0.15, -0.1) is 0 Å². The van der Waals surface area contributed by atoms with Crippen molar-refractivity contribution in [3.05, 3.63) is 58.5 Å². The van der Waals surface area contributed by atoms with E-state index in [1.807, 2.05) is 6.92 Å². The van der Waals surface area contributed by atoms with Crippen LogP contribution in [0.15, 0.2) is 58.5 Å². The van der Waals surface area contributed by atoms with Gasteiger partial charge in [-0.1, -0.05) is 38.2 Å². The third-order valence-electron chi connectivity index (χ3n) is 9.33. The van der Waals surface area contributed by atoms with Crippen LogP contribution in [0.1, 0.15) is 40.5 Å². The van der Waals surface area contributed by atoms with Crippen molar-refractivity contribution in [2.45, 2.75) is 95.7 Å². The van der Waals surface area contributed by atoms with E-state index in [1.165, 1.54) is 33.3 Å². The van der Waals surface area contributed by atoms with Crippen molar-refractivity contribution >= 4 is 23.6 Å². The number of methoxy groups -OCH3 is 2. The smallest absolute Gasteiger partial charge is 0.405 e. The van der Waals surface area contributed by atoms with Crippen LogP contribution in [-0.4, -0.2) is 138 Å². The molecule has 17 heteroatoms. The van der Waals surface area contributed by atoms with Gasteiger partial charge in [0.15, 0.2) is 12.4 Å². The van der Waals surface area contributed by atoms with Gasteiger partial charge < -0.3 is 65.6 Å². The van der Waals surface area contributed by atoms with Gasteiger partial charge >= 0.3 is 6.09 Å². The Kier molecular flexibility index (Phi) is 16.5. The molecule has 2 heterocycles. The Morgan fingerprint density at radius 3 is 2.36 bits per heavy atom. The Morgan fingerprint density at radius 2 is 1.74 bits per heavy atom. The number of carbonyl (C=O) groups is 4. The Hall–Kier alpha value is -3.78. The zero-order valence-electron chi connectivity index (χ0n) is 30.8. The summed E-state index contributed by atoms with van der Waals surface area (Å²) in [5.74, 6) is -2.76. The van der Waals surface area contributed by atoms with Crippen LogP contribution in [-0.2, 0) is 38.1 Å². The van der Waals surface area contributed by atoms with E-state index in [-0.39, 0.29) is 54.5 Å². The average Bonchev–Trinajstić information content (AvgIpc) is 3.11. The molecule has 7 unspecified atom stereocenters. The number of ketones is 2. The number of carbonyl (C=O) groups excluding carboxylic acids is 4. The van der Waals surface area contributed by atoms with Gasteiger partial charge in [0.1, 0.15) is 30.5 Å². The number of allylic oxidation sites excluding steroid dienone is 4. The summed E-state index contributed by atoms with van der Waals surface area (Å²) < 4.78 is 27.5. The standard InChI is InChI=1S/C36H53N3O14/c1-17-12-21-27(38-10-11-51-35-32(46)31(45)30(44)26(16-40)52-35)23(41)15-22(29(21)43)39-34(47)18(2)8-7-9-24(49-5)33(53-36(37)48)20(4)14-19(3)28(42)25(13-17)50-6/h7-9,14-15,17,19,24-26,28,30-33,35,38,40,42,44-46H,10-13,16H2,1-6H3,(H2,37,48)(H,39,47)/b9-7-,18-8+,20-14+/t17-,19?,24?,25+,26?,28-,30?,31?,32?,33+,35?/m1/s1. The maximum absolute atomic E-state index is 13.9. The molecule has 17 nitrogen and oxygen atoms in total. The molecule has 1 fully saturated rings. The average molecular weight is 752 g/mol. The molecule has 0 spiro atoms. The van der Waals surface area contributed by atoms with Crippen LogP contribution in [0.25, 0.3) is 0 Å². The van der Waals surface area contributed by atoms with Crippen LogP contribution in [0.4, 0.5) is 4.79 Å². The van der Waals surface area contributed by atoms with Crippen LogP contribution in [0.3, 0.4) is 0 Å². The van der Waals surface area contributed by atoms with E-state index >= 15 is 0 Å². The normalized spacial score (nSPS) is 36.4. The highest BCUT2D eigenvalue weighted by Crippen LogP contribution is 2.29. The second-order valence-corrected chi connectivity index (χ2v) is 13.4. The van der Waals surface area contributed by atoms with Crippen molar-refractivity contribution in [3.63, 3.8) is 0 Å². The lowest BCUT2D eigenvalue weighted by atomic mass is 9.85. The molecular weight excluding hydrogens is 698 g/mol. The lowest BCUT2D eigenvalue weighted by Crippen LogP contribution is -2.59. The molecule has 11 atom stereocenters. The van der Waals surface area contributed by atoms with E-state index in [9.17, 15) is 44.7 Å². The Morgan fingerprint density at radius 1 is 1.04 bits per heavy atom. The van der Waals surface area contributed by atoms with Gasteiger partial charge in [-0.3, -0.25) is 14.4 Å². The molecule has 2 amide bonds. The highest BCUT2D eigenvalue weighted by atomic mass is 16.7. The van der Waals surface area contributed by atoms with Gasteiger partial charge in [-0.2, -0.15) is 0 Å². The first-order chi connectivity index (χ1) is 25.0. The maximum atomic E-state index is 13.9. The lowest BCUT2D eigenvalue weighted by molar-refractivity contribution is -0.300. The number of primary amides is 1. The SMILES string of the molecule is COC1/C=C\C=C(/C)C(=O)NC2=CC(=O)C(NCCOC3OC(CO)C(O)C(O)C3O)=C(C[C@@H](C)C[C@H](OC)[C@H](O)C(C)/C=C(\C)[C@@H]1OC(N)=O)C2=O. The van der Waals surface area contributed by atoms with Gasteiger partial charge in [0.2, 0.25) is 11.6 Å². The molecule has 0 saturated carbocycles. The number of Topliss-reactive ketones (excluding diaryl/α,β-unsaturated/α-hetero) is 1. The van der Waals surface area contributed by atoms with Gasteiger partial charge in [-0.05, 0) is 38.2 Å². The Balaban J connectivity index is 1.94. The molecule has 0 radical (unpaired) electrons. The monoisotopic (exact) mass is 751 g/mol. The van der Waals surface area contributed by atoms with Crippen LogP contribution >= 0.6 is 0 Å². The number of nitrogens with one attached hydrogen (secondary N) is 2. The number of aliphatic hydroxyl groups excluding tert-OH is 5. The van der Waals surface area contributed by atoms with E-state index in [4.69, 9.17) is 29.4 Å². The first kappa shape index (κ1) is 43.6. The van der Waals surface area contributed by atoms with E-state index in [0.29, 0.717) is 5.57 Å². The van der Waals surface area contributed by atoms with E-state index < -0.39 is 91.2 Å². The van der Waals surface area contributed by atoms with E-state index in [1.54, 1.807) is 26.0 Å². The molecule has 1 saturated heterocycles. The molecule has 0 aromatic heterocycles. The van der Waals surface area contributed by atoms with E-state index in [0.717, 1.165) is 6.08 Å².